The van der Waals surface area contributed by atoms with Gasteiger partial charge in [0.1, 0.15) is 17.2 Å². The van der Waals surface area contributed by atoms with Crippen molar-refractivity contribution in [1.29, 1.82) is 0 Å². The van der Waals surface area contributed by atoms with Crippen LogP contribution in [-0.4, -0.2) is 15.3 Å². The molecule has 0 aliphatic carbocycles. The SMILES string of the molecule is CCCCC(C)(C)Cc1cc(C(C)(c2ccc(O)cc2)c2ccc(O)c(CC(c3ccccc3)C(C)(CC)CCC)c2)ccc1O. The van der Waals surface area contributed by atoms with Crippen LogP contribution in [0.3, 0.4) is 0 Å². The highest BCUT2D eigenvalue weighted by Crippen LogP contribution is 2.47. The number of aromatic hydroxyl groups is 3. The van der Waals surface area contributed by atoms with Crippen LogP contribution in [0.25, 0.3) is 0 Å². The number of benzene rings is 4. The summed E-state index contributed by atoms with van der Waals surface area (Å²) < 4.78 is 0. The van der Waals surface area contributed by atoms with Crippen molar-refractivity contribution in [3.05, 3.63) is 124 Å². The van der Waals surface area contributed by atoms with E-state index in [4.69, 9.17) is 0 Å². The van der Waals surface area contributed by atoms with Gasteiger partial charge in [0.25, 0.3) is 0 Å². The van der Waals surface area contributed by atoms with Gasteiger partial charge in [-0.25, -0.2) is 0 Å². The number of hydrogen-bond acceptors (Lipinski definition) is 3. The Balaban J connectivity index is 1.87. The van der Waals surface area contributed by atoms with Crippen LogP contribution in [-0.2, 0) is 18.3 Å². The zero-order valence-electron chi connectivity index (χ0n) is 29.2. The van der Waals surface area contributed by atoms with Crippen LogP contribution in [0.2, 0.25) is 0 Å². The molecule has 3 atom stereocenters. The molecule has 3 heteroatoms. The minimum absolute atomic E-state index is 0.0592. The molecule has 0 saturated heterocycles. The smallest absolute Gasteiger partial charge is 0.118 e. The number of phenols is 3. The average molecular weight is 621 g/mol. The Hall–Kier alpha value is -3.72. The van der Waals surface area contributed by atoms with E-state index in [0.29, 0.717) is 11.5 Å². The maximum atomic E-state index is 11.4. The standard InChI is InChI=1S/C43H56O3/c1-8-11-26-41(4,5)30-33-28-36(20-24-40(33)46)43(7,34-17-21-37(44)22-18-34)35-19-23-39(45)32(27-35)29-38(31-15-13-12-14-16-31)42(6,10-3)25-9-2/h12-24,27-28,38,44-46H,8-11,25-26,29-30H2,1-7H3. The molecule has 0 aliphatic heterocycles. The minimum Gasteiger partial charge on any atom is -0.508 e. The molecule has 0 heterocycles. The fraction of sp³-hybridized carbons (Fsp3) is 0.442. The van der Waals surface area contributed by atoms with Crippen molar-refractivity contribution in [2.45, 2.75) is 111 Å². The van der Waals surface area contributed by atoms with Crippen molar-refractivity contribution >= 4 is 0 Å². The molecule has 246 valence electrons. The zero-order chi connectivity index (χ0) is 33.5. The fourth-order valence-corrected chi connectivity index (χ4v) is 7.49. The molecule has 3 unspecified atom stereocenters. The van der Waals surface area contributed by atoms with E-state index in [1.165, 1.54) is 5.56 Å². The van der Waals surface area contributed by atoms with Gasteiger partial charge >= 0.3 is 0 Å². The second-order valence-corrected chi connectivity index (χ2v) is 14.7. The summed E-state index contributed by atoms with van der Waals surface area (Å²) in [5.74, 6) is 1.11. The monoisotopic (exact) mass is 620 g/mol. The quantitative estimate of drug-likeness (QED) is 0.116. The summed E-state index contributed by atoms with van der Waals surface area (Å²) in [6, 6.07) is 30.3. The third kappa shape index (κ3) is 7.80. The lowest BCUT2D eigenvalue weighted by molar-refractivity contribution is 0.215. The largest absolute Gasteiger partial charge is 0.508 e. The van der Waals surface area contributed by atoms with E-state index in [-0.39, 0.29) is 22.5 Å². The number of phenolic OH excluding ortho intramolecular Hbond substituents is 3. The zero-order valence-corrected chi connectivity index (χ0v) is 29.2. The molecule has 3 N–H and O–H groups in total. The molecular weight excluding hydrogens is 564 g/mol. The van der Waals surface area contributed by atoms with Gasteiger partial charge in [0.05, 0.1) is 0 Å². The van der Waals surface area contributed by atoms with Crippen LogP contribution >= 0.6 is 0 Å². The van der Waals surface area contributed by atoms with Crippen molar-refractivity contribution in [2.24, 2.45) is 10.8 Å². The molecule has 0 spiro atoms. The molecule has 0 radical (unpaired) electrons. The van der Waals surface area contributed by atoms with Crippen molar-refractivity contribution in [2.75, 3.05) is 0 Å². The van der Waals surface area contributed by atoms with Crippen molar-refractivity contribution in [1.82, 2.24) is 0 Å². The Bertz CT molecular complexity index is 1560. The summed E-state index contributed by atoms with van der Waals surface area (Å²) in [7, 11) is 0. The van der Waals surface area contributed by atoms with Crippen LogP contribution in [0, 0.1) is 10.8 Å². The summed E-state index contributed by atoms with van der Waals surface area (Å²) in [5.41, 5.74) is 5.89. The van der Waals surface area contributed by atoms with Gasteiger partial charge in [-0.15, -0.1) is 0 Å². The molecule has 0 amide bonds. The van der Waals surface area contributed by atoms with E-state index >= 15 is 0 Å². The van der Waals surface area contributed by atoms with E-state index in [1.807, 2.05) is 36.4 Å². The van der Waals surface area contributed by atoms with E-state index in [9.17, 15) is 15.3 Å². The predicted molar refractivity (Wildman–Crippen MR) is 193 cm³/mol. The molecule has 0 aromatic heterocycles. The Morgan fingerprint density at radius 3 is 1.74 bits per heavy atom. The molecule has 4 aromatic carbocycles. The first kappa shape index (κ1) is 35.1. The lowest BCUT2D eigenvalue weighted by Crippen LogP contribution is -2.28. The van der Waals surface area contributed by atoms with Gasteiger partial charge < -0.3 is 15.3 Å². The van der Waals surface area contributed by atoms with Gasteiger partial charge in [0, 0.05) is 5.41 Å². The van der Waals surface area contributed by atoms with E-state index in [1.54, 1.807) is 12.1 Å². The Kier molecular flexibility index (Phi) is 11.3. The highest BCUT2D eigenvalue weighted by molar-refractivity contribution is 5.55. The molecule has 4 aromatic rings. The van der Waals surface area contributed by atoms with Gasteiger partial charge in [-0.3, -0.25) is 0 Å². The third-order valence-electron chi connectivity index (χ3n) is 10.7. The molecule has 0 fully saturated rings. The minimum atomic E-state index is -0.605. The third-order valence-corrected chi connectivity index (χ3v) is 10.7. The Labute approximate surface area is 278 Å². The van der Waals surface area contributed by atoms with E-state index in [0.717, 1.165) is 79.2 Å². The predicted octanol–water partition coefficient (Wildman–Crippen LogP) is 11.5. The van der Waals surface area contributed by atoms with Gasteiger partial charge in [-0.2, -0.15) is 0 Å². The normalized spacial score (nSPS) is 15.2. The summed E-state index contributed by atoms with van der Waals surface area (Å²) in [6.45, 7) is 15.9. The maximum Gasteiger partial charge on any atom is 0.118 e. The lowest BCUT2D eigenvalue weighted by Gasteiger charge is -2.38. The van der Waals surface area contributed by atoms with Gasteiger partial charge in [-0.1, -0.05) is 134 Å². The van der Waals surface area contributed by atoms with E-state index in [2.05, 4.69) is 90.9 Å². The maximum absolute atomic E-state index is 11.4. The second-order valence-electron chi connectivity index (χ2n) is 14.7. The topological polar surface area (TPSA) is 60.7 Å². The van der Waals surface area contributed by atoms with Crippen molar-refractivity contribution in [3.8, 4) is 17.2 Å². The lowest BCUT2D eigenvalue weighted by atomic mass is 9.66. The summed E-state index contributed by atoms with van der Waals surface area (Å²) in [5, 5.41) is 32.6. The van der Waals surface area contributed by atoms with Crippen LogP contribution in [0.15, 0.2) is 91.0 Å². The second kappa shape index (κ2) is 14.8. The summed E-state index contributed by atoms with van der Waals surface area (Å²) in [6.07, 6.45) is 8.19. The van der Waals surface area contributed by atoms with Crippen molar-refractivity contribution < 1.29 is 15.3 Å². The molecular formula is C43H56O3. The highest BCUT2D eigenvalue weighted by atomic mass is 16.3. The first-order chi connectivity index (χ1) is 21.9. The molecule has 0 aliphatic rings. The molecule has 0 saturated carbocycles. The van der Waals surface area contributed by atoms with Crippen molar-refractivity contribution in [3.63, 3.8) is 0 Å². The van der Waals surface area contributed by atoms with Crippen LogP contribution in [0.5, 0.6) is 17.2 Å². The molecule has 46 heavy (non-hydrogen) atoms. The van der Waals surface area contributed by atoms with E-state index < -0.39 is 5.41 Å². The van der Waals surface area contributed by atoms with Crippen LogP contribution in [0.4, 0.5) is 0 Å². The molecule has 0 bridgehead atoms. The van der Waals surface area contributed by atoms with Gasteiger partial charge in [0.2, 0.25) is 0 Å². The Morgan fingerprint density at radius 2 is 1.17 bits per heavy atom. The first-order valence-corrected chi connectivity index (χ1v) is 17.4. The fourth-order valence-electron chi connectivity index (χ4n) is 7.49. The Morgan fingerprint density at radius 1 is 0.609 bits per heavy atom. The highest BCUT2D eigenvalue weighted by Gasteiger charge is 2.36. The van der Waals surface area contributed by atoms with Crippen LogP contribution in [0.1, 0.15) is 126 Å². The summed E-state index contributed by atoms with van der Waals surface area (Å²) in [4.78, 5) is 0. The number of unbranched alkanes of at least 4 members (excludes halogenated alkanes) is 1. The van der Waals surface area contributed by atoms with Crippen LogP contribution < -0.4 is 0 Å². The summed E-state index contributed by atoms with van der Waals surface area (Å²) >= 11 is 0. The molecule has 4 rings (SSSR count). The number of rotatable bonds is 15. The van der Waals surface area contributed by atoms with Gasteiger partial charge in [0.15, 0.2) is 0 Å². The number of hydrogen-bond donors (Lipinski definition) is 3. The van der Waals surface area contributed by atoms with Gasteiger partial charge in [-0.05, 0) is 107 Å². The molecule has 3 nitrogen and oxygen atoms in total. The first-order valence-electron chi connectivity index (χ1n) is 17.4. The average Bonchev–Trinajstić information content (AvgIpc) is 3.04.